The van der Waals surface area contributed by atoms with Gasteiger partial charge in [-0.25, -0.2) is 4.79 Å². The average Bonchev–Trinajstić information content (AvgIpc) is 2.30. The van der Waals surface area contributed by atoms with Gasteiger partial charge < -0.3 is 20.4 Å². The van der Waals surface area contributed by atoms with Crippen molar-refractivity contribution < 1.29 is 20.4 Å². The van der Waals surface area contributed by atoms with Crippen LogP contribution in [-0.4, -0.2) is 48.0 Å². The lowest BCUT2D eigenvalue weighted by Crippen LogP contribution is -2.71. The molecule has 0 radical (unpaired) electrons. The zero-order valence-electron chi connectivity index (χ0n) is 9.57. The molecule has 0 aromatic carbocycles. The van der Waals surface area contributed by atoms with Crippen LogP contribution in [0.5, 0.6) is 0 Å². The molecular weight excluding hydrogens is 244 g/mol. The Morgan fingerprint density at radius 2 is 2.00 bits per heavy atom. The van der Waals surface area contributed by atoms with Gasteiger partial charge in [-0.15, -0.1) is 0 Å². The zero-order chi connectivity index (χ0) is 13.7. The van der Waals surface area contributed by atoms with E-state index < -0.39 is 35.2 Å². The molecule has 1 saturated carbocycles. The Labute approximate surface area is 101 Å². The number of aromatic nitrogens is 2. The van der Waals surface area contributed by atoms with E-state index >= 15 is 0 Å². The molecule has 0 amide bonds. The number of nitrogens with one attached hydrogen (secondary N) is 1. The van der Waals surface area contributed by atoms with Crippen LogP contribution in [0.2, 0.25) is 0 Å². The maximum Gasteiger partial charge on any atom is 0.328 e. The highest BCUT2D eigenvalue weighted by atomic mass is 16.5. The standard InChI is InChI=1S/C10H14N2O6/c1-4-2-12(9(16)11-8(4)15)3-5-6(13)7(14)10(5,17)18/h2,5-7,13-14,17-18H,3H2,1H3,(H,11,15,16)/t5-,6+,7+/m1/s1. The summed E-state index contributed by atoms with van der Waals surface area (Å²) in [7, 11) is 0. The zero-order valence-corrected chi connectivity index (χ0v) is 9.57. The molecule has 1 aromatic heterocycles. The molecule has 1 aliphatic carbocycles. The van der Waals surface area contributed by atoms with Crippen LogP contribution in [0.25, 0.3) is 0 Å². The summed E-state index contributed by atoms with van der Waals surface area (Å²) in [6.07, 6.45) is -1.74. The minimum atomic E-state index is -2.44. The third-order valence-corrected chi connectivity index (χ3v) is 3.30. The van der Waals surface area contributed by atoms with Crippen LogP contribution in [0.4, 0.5) is 0 Å². The van der Waals surface area contributed by atoms with Crippen LogP contribution in [-0.2, 0) is 6.54 Å². The second-order valence-electron chi connectivity index (χ2n) is 4.55. The highest BCUT2D eigenvalue weighted by Gasteiger charge is 2.60. The van der Waals surface area contributed by atoms with Crippen molar-refractivity contribution in [1.82, 2.24) is 9.55 Å². The van der Waals surface area contributed by atoms with Crippen LogP contribution < -0.4 is 11.2 Å². The number of rotatable bonds is 2. The molecule has 100 valence electrons. The van der Waals surface area contributed by atoms with Crippen molar-refractivity contribution in [3.63, 3.8) is 0 Å². The van der Waals surface area contributed by atoms with E-state index in [1.165, 1.54) is 13.1 Å². The number of nitrogens with zero attached hydrogens (tertiary/aromatic N) is 1. The van der Waals surface area contributed by atoms with E-state index in [1.807, 2.05) is 0 Å². The van der Waals surface area contributed by atoms with Crippen molar-refractivity contribution in [3.05, 3.63) is 32.6 Å². The molecule has 0 bridgehead atoms. The second-order valence-corrected chi connectivity index (χ2v) is 4.55. The third kappa shape index (κ3) is 1.79. The first-order valence-corrected chi connectivity index (χ1v) is 5.36. The molecule has 1 aliphatic rings. The highest BCUT2D eigenvalue weighted by molar-refractivity contribution is 5.06. The van der Waals surface area contributed by atoms with Crippen molar-refractivity contribution >= 4 is 0 Å². The Morgan fingerprint density at radius 3 is 2.56 bits per heavy atom. The monoisotopic (exact) mass is 258 g/mol. The van der Waals surface area contributed by atoms with Crippen LogP contribution >= 0.6 is 0 Å². The molecule has 1 heterocycles. The van der Waals surface area contributed by atoms with Crippen molar-refractivity contribution in [3.8, 4) is 0 Å². The van der Waals surface area contributed by atoms with Gasteiger partial charge in [0.05, 0.1) is 12.0 Å². The third-order valence-electron chi connectivity index (χ3n) is 3.30. The number of aryl methyl sites for hydroxylation is 1. The molecule has 1 fully saturated rings. The maximum atomic E-state index is 11.5. The first-order valence-electron chi connectivity index (χ1n) is 5.36. The fourth-order valence-electron chi connectivity index (χ4n) is 2.03. The summed E-state index contributed by atoms with van der Waals surface area (Å²) in [5.74, 6) is -3.54. The number of H-pyrrole nitrogens is 1. The molecule has 0 spiro atoms. The SMILES string of the molecule is Cc1cn(C[C@@H]2[C@H](O)[C@H](O)C2(O)O)c(=O)[nH]c1=O. The van der Waals surface area contributed by atoms with E-state index in [0.29, 0.717) is 0 Å². The maximum absolute atomic E-state index is 11.5. The quantitative estimate of drug-likeness (QED) is 0.356. The van der Waals surface area contributed by atoms with Gasteiger partial charge >= 0.3 is 5.69 Å². The highest BCUT2D eigenvalue weighted by Crippen LogP contribution is 2.37. The number of aromatic amines is 1. The molecule has 2 rings (SSSR count). The lowest BCUT2D eigenvalue weighted by atomic mass is 9.72. The van der Waals surface area contributed by atoms with E-state index in [2.05, 4.69) is 4.98 Å². The molecule has 18 heavy (non-hydrogen) atoms. The molecule has 5 N–H and O–H groups in total. The Morgan fingerprint density at radius 1 is 1.39 bits per heavy atom. The second kappa shape index (κ2) is 4.02. The molecule has 1 aromatic rings. The number of aliphatic hydroxyl groups is 4. The number of hydrogen-bond donors (Lipinski definition) is 5. The van der Waals surface area contributed by atoms with E-state index in [1.54, 1.807) is 0 Å². The topological polar surface area (TPSA) is 136 Å². The summed E-state index contributed by atoms with van der Waals surface area (Å²) < 4.78 is 1.05. The number of aliphatic hydroxyl groups excluding tert-OH is 2. The summed E-state index contributed by atoms with van der Waals surface area (Å²) in [5.41, 5.74) is -0.954. The summed E-state index contributed by atoms with van der Waals surface area (Å²) in [6.45, 7) is 1.27. The Balaban J connectivity index is 2.29. The average molecular weight is 258 g/mol. The van der Waals surface area contributed by atoms with Gasteiger partial charge in [-0.05, 0) is 6.92 Å². The van der Waals surface area contributed by atoms with Gasteiger partial charge in [0.15, 0.2) is 5.79 Å². The first kappa shape index (κ1) is 13.0. The van der Waals surface area contributed by atoms with E-state index in [-0.39, 0.29) is 12.1 Å². The molecule has 8 nitrogen and oxygen atoms in total. The van der Waals surface area contributed by atoms with Crippen molar-refractivity contribution in [1.29, 1.82) is 0 Å². The fourth-order valence-corrected chi connectivity index (χ4v) is 2.03. The van der Waals surface area contributed by atoms with Crippen LogP contribution in [0.3, 0.4) is 0 Å². The predicted molar refractivity (Wildman–Crippen MR) is 58.7 cm³/mol. The minimum Gasteiger partial charge on any atom is -0.390 e. The summed E-state index contributed by atoms with van der Waals surface area (Å²) >= 11 is 0. The minimum absolute atomic E-state index is 0.221. The van der Waals surface area contributed by atoms with Gasteiger partial charge in [0, 0.05) is 18.3 Å². The van der Waals surface area contributed by atoms with Crippen LogP contribution in [0.15, 0.2) is 15.8 Å². The van der Waals surface area contributed by atoms with Crippen molar-refractivity contribution in [2.75, 3.05) is 0 Å². The number of hydrogen-bond acceptors (Lipinski definition) is 6. The van der Waals surface area contributed by atoms with Gasteiger partial charge in [-0.1, -0.05) is 0 Å². The van der Waals surface area contributed by atoms with Crippen LogP contribution in [0.1, 0.15) is 5.56 Å². The van der Waals surface area contributed by atoms with E-state index in [9.17, 15) is 24.9 Å². The van der Waals surface area contributed by atoms with Gasteiger partial charge in [-0.2, -0.15) is 0 Å². The van der Waals surface area contributed by atoms with Crippen molar-refractivity contribution in [2.24, 2.45) is 5.92 Å². The smallest absolute Gasteiger partial charge is 0.328 e. The molecule has 0 unspecified atom stereocenters. The fraction of sp³-hybridized carbons (Fsp3) is 0.600. The summed E-state index contributed by atoms with van der Waals surface area (Å²) in [4.78, 5) is 24.7. The van der Waals surface area contributed by atoms with Gasteiger partial charge in [0.25, 0.3) is 5.56 Å². The van der Waals surface area contributed by atoms with Crippen molar-refractivity contribution in [2.45, 2.75) is 31.5 Å². The predicted octanol–water partition coefficient (Wildman–Crippen LogP) is -3.12. The Hall–Kier alpha value is -1.48. The molecular formula is C10H14N2O6. The molecule has 3 atom stereocenters. The molecule has 0 saturated heterocycles. The molecule has 8 heteroatoms. The van der Waals surface area contributed by atoms with Gasteiger partial charge in [0.2, 0.25) is 0 Å². The largest absolute Gasteiger partial charge is 0.390 e. The summed E-state index contributed by atoms with van der Waals surface area (Å²) in [5, 5.41) is 37.5. The lowest BCUT2D eigenvalue weighted by Gasteiger charge is -2.49. The van der Waals surface area contributed by atoms with E-state index in [4.69, 9.17) is 5.11 Å². The van der Waals surface area contributed by atoms with Gasteiger partial charge in [0.1, 0.15) is 6.10 Å². The normalized spacial score (nSPS) is 29.9. The van der Waals surface area contributed by atoms with E-state index in [0.717, 1.165) is 4.57 Å². The van der Waals surface area contributed by atoms with Crippen LogP contribution in [0, 0.1) is 12.8 Å². The first-order chi connectivity index (χ1) is 8.25. The Kier molecular flexibility index (Phi) is 2.90. The lowest BCUT2D eigenvalue weighted by molar-refractivity contribution is -0.361. The summed E-state index contributed by atoms with van der Waals surface area (Å²) in [6, 6.07) is 0. The Bertz CT molecular complexity index is 574. The molecule has 0 aliphatic heterocycles. The van der Waals surface area contributed by atoms with Gasteiger partial charge in [-0.3, -0.25) is 14.3 Å².